The molecule has 0 spiro atoms. The van der Waals surface area contributed by atoms with E-state index in [1.54, 1.807) is 0 Å². The van der Waals surface area contributed by atoms with E-state index in [4.69, 9.17) is 4.74 Å². The highest BCUT2D eigenvalue weighted by Crippen LogP contribution is 2.23. The number of aromatic nitrogens is 2. The Morgan fingerprint density at radius 3 is 2.64 bits per heavy atom. The summed E-state index contributed by atoms with van der Waals surface area (Å²) in [6, 6.07) is 14.5. The van der Waals surface area contributed by atoms with Crippen LogP contribution >= 0.6 is 0 Å². The van der Waals surface area contributed by atoms with Gasteiger partial charge in [-0.05, 0) is 74.8 Å². The third-order valence-electron chi connectivity index (χ3n) is 4.89. The molecule has 25 heavy (non-hydrogen) atoms. The van der Waals surface area contributed by atoms with Gasteiger partial charge in [-0.1, -0.05) is 12.5 Å². The van der Waals surface area contributed by atoms with Gasteiger partial charge in [-0.25, -0.2) is 4.98 Å². The van der Waals surface area contributed by atoms with Crippen LogP contribution in [0.25, 0.3) is 22.4 Å². The van der Waals surface area contributed by atoms with Crippen molar-refractivity contribution in [3.8, 4) is 17.1 Å². The maximum Gasteiger partial charge on any atom is 0.138 e. The Bertz CT molecular complexity index is 832. The van der Waals surface area contributed by atoms with Crippen LogP contribution in [0, 0.1) is 6.92 Å². The van der Waals surface area contributed by atoms with Gasteiger partial charge in [0.2, 0.25) is 0 Å². The summed E-state index contributed by atoms with van der Waals surface area (Å²) in [5.74, 6) is 1.83. The summed E-state index contributed by atoms with van der Waals surface area (Å²) in [6.07, 6.45) is 4.03. The van der Waals surface area contributed by atoms with E-state index in [-0.39, 0.29) is 0 Å². The summed E-state index contributed by atoms with van der Waals surface area (Å²) >= 11 is 0. The van der Waals surface area contributed by atoms with Crippen LogP contribution in [-0.4, -0.2) is 41.1 Å². The van der Waals surface area contributed by atoms with Gasteiger partial charge in [0.15, 0.2) is 0 Å². The summed E-state index contributed by atoms with van der Waals surface area (Å²) in [5.41, 5.74) is 4.40. The first-order valence-electron chi connectivity index (χ1n) is 9.20. The van der Waals surface area contributed by atoms with Crippen LogP contribution in [-0.2, 0) is 0 Å². The van der Waals surface area contributed by atoms with Crippen molar-refractivity contribution in [2.75, 3.05) is 26.2 Å². The molecule has 0 aliphatic carbocycles. The Hall–Kier alpha value is -2.33. The van der Waals surface area contributed by atoms with Crippen LogP contribution in [0.5, 0.6) is 5.75 Å². The minimum atomic E-state index is 0.753. The SMILES string of the molecule is Cc1ccc2nc(-c3ccc(OCCN4CCCCC4)cc3)[nH]c2c1. The third-order valence-corrected chi connectivity index (χ3v) is 4.89. The van der Waals surface area contributed by atoms with Gasteiger partial charge in [0, 0.05) is 12.1 Å². The normalized spacial score (nSPS) is 15.6. The number of aromatic amines is 1. The van der Waals surface area contributed by atoms with Crippen molar-refractivity contribution in [2.45, 2.75) is 26.2 Å². The summed E-state index contributed by atoms with van der Waals surface area (Å²) in [7, 11) is 0. The number of benzene rings is 2. The summed E-state index contributed by atoms with van der Waals surface area (Å²) in [5, 5.41) is 0. The number of likely N-dealkylation sites (tertiary alicyclic amines) is 1. The fraction of sp³-hybridized carbons (Fsp3) is 0.381. The molecule has 0 atom stereocenters. The standard InChI is InChI=1S/C21H25N3O/c1-16-5-10-19-20(15-16)23-21(22-19)17-6-8-18(9-7-17)25-14-13-24-11-3-2-4-12-24/h5-10,15H,2-4,11-14H2,1H3,(H,22,23). The molecule has 0 bridgehead atoms. The molecule has 1 N–H and O–H groups in total. The lowest BCUT2D eigenvalue weighted by molar-refractivity contribution is 0.183. The minimum Gasteiger partial charge on any atom is -0.492 e. The smallest absolute Gasteiger partial charge is 0.138 e. The number of hydrogen-bond acceptors (Lipinski definition) is 3. The molecule has 0 saturated carbocycles. The average Bonchev–Trinajstić information content (AvgIpc) is 3.06. The van der Waals surface area contributed by atoms with E-state index in [0.29, 0.717) is 0 Å². The van der Waals surface area contributed by atoms with E-state index in [1.807, 2.05) is 12.1 Å². The van der Waals surface area contributed by atoms with Gasteiger partial charge in [-0.3, -0.25) is 4.90 Å². The van der Waals surface area contributed by atoms with E-state index in [1.165, 1.54) is 37.9 Å². The van der Waals surface area contributed by atoms with E-state index in [0.717, 1.165) is 41.3 Å². The van der Waals surface area contributed by atoms with Gasteiger partial charge in [0.05, 0.1) is 11.0 Å². The quantitative estimate of drug-likeness (QED) is 0.751. The molecule has 0 radical (unpaired) electrons. The van der Waals surface area contributed by atoms with Gasteiger partial charge in [0.1, 0.15) is 18.2 Å². The molecular weight excluding hydrogens is 310 g/mol. The first-order chi connectivity index (χ1) is 12.3. The molecule has 2 heterocycles. The number of piperidine rings is 1. The highest BCUT2D eigenvalue weighted by Gasteiger charge is 2.10. The number of aryl methyl sites for hydroxylation is 1. The van der Waals surface area contributed by atoms with Crippen LogP contribution in [0.2, 0.25) is 0 Å². The summed E-state index contributed by atoms with van der Waals surface area (Å²) < 4.78 is 5.90. The first kappa shape index (κ1) is 16.2. The lowest BCUT2D eigenvalue weighted by atomic mass is 10.1. The molecule has 1 aliphatic heterocycles. The van der Waals surface area contributed by atoms with Crippen molar-refractivity contribution < 1.29 is 4.74 Å². The van der Waals surface area contributed by atoms with E-state index in [2.05, 4.69) is 52.1 Å². The predicted molar refractivity (Wildman–Crippen MR) is 102 cm³/mol. The Kier molecular flexibility index (Phi) is 4.70. The first-order valence-corrected chi connectivity index (χ1v) is 9.20. The summed E-state index contributed by atoms with van der Waals surface area (Å²) in [6.45, 7) is 6.30. The van der Waals surface area contributed by atoms with Crippen LogP contribution in [0.3, 0.4) is 0 Å². The van der Waals surface area contributed by atoms with Crippen LogP contribution in [0.1, 0.15) is 24.8 Å². The fourth-order valence-electron chi connectivity index (χ4n) is 3.44. The predicted octanol–water partition coefficient (Wildman–Crippen LogP) is 4.40. The van der Waals surface area contributed by atoms with Gasteiger partial charge in [0.25, 0.3) is 0 Å². The molecule has 4 heteroatoms. The van der Waals surface area contributed by atoms with Gasteiger partial charge in [-0.2, -0.15) is 0 Å². The van der Waals surface area contributed by atoms with Crippen molar-refractivity contribution in [1.29, 1.82) is 0 Å². The maximum atomic E-state index is 5.90. The number of rotatable bonds is 5. The largest absolute Gasteiger partial charge is 0.492 e. The molecule has 1 fully saturated rings. The Morgan fingerprint density at radius 2 is 1.84 bits per heavy atom. The zero-order valence-electron chi connectivity index (χ0n) is 14.8. The monoisotopic (exact) mass is 335 g/mol. The van der Waals surface area contributed by atoms with Crippen LogP contribution in [0.4, 0.5) is 0 Å². The topological polar surface area (TPSA) is 41.1 Å². The lowest BCUT2D eigenvalue weighted by Gasteiger charge is -2.26. The zero-order chi connectivity index (χ0) is 17.1. The molecular formula is C21H25N3O. The Labute approximate surface area is 148 Å². The van der Waals surface area contributed by atoms with E-state index in [9.17, 15) is 0 Å². The highest BCUT2D eigenvalue weighted by molar-refractivity contribution is 5.80. The second-order valence-electron chi connectivity index (χ2n) is 6.88. The maximum absolute atomic E-state index is 5.90. The third kappa shape index (κ3) is 3.85. The van der Waals surface area contributed by atoms with Gasteiger partial charge < -0.3 is 9.72 Å². The molecule has 1 aliphatic rings. The van der Waals surface area contributed by atoms with E-state index < -0.39 is 0 Å². The van der Waals surface area contributed by atoms with Gasteiger partial charge >= 0.3 is 0 Å². The lowest BCUT2D eigenvalue weighted by Crippen LogP contribution is -2.33. The Balaban J connectivity index is 1.38. The van der Waals surface area contributed by atoms with Crippen molar-refractivity contribution in [3.05, 3.63) is 48.0 Å². The van der Waals surface area contributed by atoms with Crippen LogP contribution in [0.15, 0.2) is 42.5 Å². The molecule has 2 aromatic carbocycles. The van der Waals surface area contributed by atoms with Crippen molar-refractivity contribution in [2.24, 2.45) is 0 Å². The fourth-order valence-corrected chi connectivity index (χ4v) is 3.44. The van der Waals surface area contributed by atoms with E-state index >= 15 is 0 Å². The zero-order valence-corrected chi connectivity index (χ0v) is 14.8. The number of nitrogens with zero attached hydrogens (tertiary/aromatic N) is 2. The average molecular weight is 335 g/mol. The molecule has 1 aromatic heterocycles. The minimum absolute atomic E-state index is 0.753. The second-order valence-corrected chi connectivity index (χ2v) is 6.88. The van der Waals surface area contributed by atoms with Crippen molar-refractivity contribution >= 4 is 11.0 Å². The van der Waals surface area contributed by atoms with Crippen LogP contribution < -0.4 is 4.74 Å². The number of hydrogen-bond donors (Lipinski definition) is 1. The van der Waals surface area contributed by atoms with Crippen molar-refractivity contribution in [3.63, 3.8) is 0 Å². The molecule has 4 rings (SSSR count). The molecule has 4 nitrogen and oxygen atoms in total. The summed E-state index contributed by atoms with van der Waals surface area (Å²) in [4.78, 5) is 10.6. The molecule has 3 aromatic rings. The second kappa shape index (κ2) is 7.28. The number of nitrogens with one attached hydrogen (secondary N) is 1. The molecule has 1 saturated heterocycles. The number of H-pyrrole nitrogens is 1. The Morgan fingerprint density at radius 1 is 1.04 bits per heavy atom. The number of ether oxygens (including phenoxy) is 1. The van der Waals surface area contributed by atoms with Crippen molar-refractivity contribution in [1.82, 2.24) is 14.9 Å². The molecule has 130 valence electrons. The number of fused-ring (bicyclic) bond motifs is 1. The highest BCUT2D eigenvalue weighted by atomic mass is 16.5. The van der Waals surface area contributed by atoms with Gasteiger partial charge in [-0.15, -0.1) is 0 Å². The number of imidazole rings is 1. The molecule has 0 amide bonds. The molecule has 0 unspecified atom stereocenters.